The van der Waals surface area contributed by atoms with Crippen molar-refractivity contribution in [2.45, 2.75) is 26.2 Å². The molecule has 1 heterocycles. The highest BCUT2D eigenvalue weighted by Crippen LogP contribution is 2.33. The fourth-order valence-corrected chi connectivity index (χ4v) is 2.85. The molecule has 21 heavy (non-hydrogen) atoms. The Hall–Kier alpha value is -2.00. The molecule has 1 aromatic heterocycles. The number of aromatic nitrogens is 2. The average Bonchev–Trinajstić information content (AvgIpc) is 2.75. The first-order chi connectivity index (χ1) is 9.89. The standard InChI is InChI=1S/C17H18ClN3/c1-17(2,3)11-7-4-5-9-13(11)21-14-10-6-8-12(18)15(14)20-16(21)19/h4-10H,1-3H3,(H2,19,20). The van der Waals surface area contributed by atoms with Crippen LogP contribution in [0.2, 0.25) is 5.02 Å². The maximum Gasteiger partial charge on any atom is 0.205 e. The van der Waals surface area contributed by atoms with Crippen molar-refractivity contribution in [3.05, 3.63) is 53.1 Å². The lowest BCUT2D eigenvalue weighted by Crippen LogP contribution is -2.15. The normalized spacial score (nSPS) is 12.0. The Balaban J connectivity index is 2.37. The second kappa shape index (κ2) is 4.78. The monoisotopic (exact) mass is 299 g/mol. The molecule has 108 valence electrons. The van der Waals surface area contributed by atoms with Crippen LogP contribution < -0.4 is 5.73 Å². The minimum Gasteiger partial charge on any atom is -0.369 e. The largest absolute Gasteiger partial charge is 0.369 e. The molecule has 4 heteroatoms. The first kappa shape index (κ1) is 14.0. The van der Waals surface area contributed by atoms with E-state index < -0.39 is 0 Å². The zero-order chi connectivity index (χ0) is 15.2. The second-order valence-corrected chi connectivity index (χ2v) is 6.59. The fraction of sp³-hybridized carbons (Fsp3) is 0.235. The maximum absolute atomic E-state index is 6.23. The smallest absolute Gasteiger partial charge is 0.205 e. The van der Waals surface area contributed by atoms with E-state index >= 15 is 0 Å². The number of rotatable bonds is 1. The molecule has 0 unspecified atom stereocenters. The van der Waals surface area contributed by atoms with E-state index in [-0.39, 0.29) is 5.41 Å². The molecule has 0 aliphatic heterocycles. The van der Waals surface area contributed by atoms with Crippen LogP contribution in [0.1, 0.15) is 26.3 Å². The number of imidazole rings is 1. The zero-order valence-electron chi connectivity index (χ0n) is 12.4. The summed E-state index contributed by atoms with van der Waals surface area (Å²) in [4.78, 5) is 4.42. The summed E-state index contributed by atoms with van der Waals surface area (Å²) in [5, 5.41) is 0.617. The van der Waals surface area contributed by atoms with Crippen molar-refractivity contribution >= 4 is 28.6 Å². The summed E-state index contributed by atoms with van der Waals surface area (Å²) in [6.07, 6.45) is 0. The number of para-hydroxylation sites is 2. The molecular formula is C17H18ClN3. The first-order valence-corrected chi connectivity index (χ1v) is 7.30. The van der Waals surface area contributed by atoms with Crippen LogP contribution >= 0.6 is 11.6 Å². The second-order valence-electron chi connectivity index (χ2n) is 6.18. The lowest BCUT2D eigenvalue weighted by molar-refractivity contribution is 0.587. The predicted octanol–water partition coefficient (Wildman–Crippen LogP) is 4.56. The lowest BCUT2D eigenvalue weighted by Gasteiger charge is -2.23. The van der Waals surface area contributed by atoms with Crippen molar-refractivity contribution in [3.63, 3.8) is 0 Å². The summed E-state index contributed by atoms with van der Waals surface area (Å²) in [6, 6.07) is 14.0. The molecule has 0 spiro atoms. The average molecular weight is 300 g/mol. The lowest BCUT2D eigenvalue weighted by atomic mass is 9.85. The van der Waals surface area contributed by atoms with Gasteiger partial charge in [-0.2, -0.15) is 0 Å². The maximum atomic E-state index is 6.23. The molecule has 0 atom stereocenters. The topological polar surface area (TPSA) is 43.8 Å². The predicted molar refractivity (Wildman–Crippen MR) is 89.2 cm³/mol. The van der Waals surface area contributed by atoms with E-state index in [9.17, 15) is 0 Å². The Bertz CT molecular complexity index is 813. The molecule has 3 nitrogen and oxygen atoms in total. The van der Waals surface area contributed by atoms with Gasteiger partial charge in [-0.3, -0.25) is 4.57 Å². The number of nitrogens with two attached hydrogens (primary N) is 1. The summed E-state index contributed by atoms with van der Waals surface area (Å²) >= 11 is 6.23. The third-order valence-electron chi connectivity index (χ3n) is 3.61. The van der Waals surface area contributed by atoms with Crippen molar-refractivity contribution in [1.82, 2.24) is 9.55 Å². The van der Waals surface area contributed by atoms with E-state index in [1.807, 2.05) is 34.9 Å². The minimum atomic E-state index is 0.0121. The number of hydrogen-bond donors (Lipinski definition) is 1. The van der Waals surface area contributed by atoms with E-state index in [2.05, 4.69) is 37.9 Å². The highest BCUT2D eigenvalue weighted by atomic mass is 35.5. The van der Waals surface area contributed by atoms with E-state index in [0.717, 1.165) is 16.7 Å². The van der Waals surface area contributed by atoms with Crippen molar-refractivity contribution < 1.29 is 0 Å². The van der Waals surface area contributed by atoms with Crippen LogP contribution in [0.15, 0.2) is 42.5 Å². The number of nitrogen functional groups attached to an aromatic ring is 1. The Morgan fingerprint density at radius 2 is 1.76 bits per heavy atom. The number of hydrogen-bond acceptors (Lipinski definition) is 2. The van der Waals surface area contributed by atoms with Gasteiger partial charge in [0, 0.05) is 0 Å². The molecule has 3 aromatic rings. The molecule has 0 saturated carbocycles. The van der Waals surface area contributed by atoms with Crippen molar-refractivity contribution in [1.29, 1.82) is 0 Å². The van der Waals surface area contributed by atoms with E-state index in [1.54, 1.807) is 0 Å². The number of nitrogens with zero attached hydrogens (tertiary/aromatic N) is 2. The number of fused-ring (bicyclic) bond motifs is 1. The highest BCUT2D eigenvalue weighted by Gasteiger charge is 2.21. The van der Waals surface area contributed by atoms with Gasteiger partial charge in [-0.1, -0.05) is 56.6 Å². The van der Waals surface area contributed by atoms with E-state index in [4.69, 9.17) is 17.3 Å². The quantitative estimate of drug-likeness (QED) is 0.716. The van der Waals surface area contributed by atoms with Crippen molar-refractivity contribution in [3.8, 4) is 5.69 Å². The molecule has 0 radical (unpaired) electrons. The molecule has 0 fully saturated rings. The minimum absolute atomic E-state index is 0.0121. The molecule has 0 bridgehead atoms. The summed E-state index contributed by atoms with van der Waals surface area (Å²) in [5.74, 6) is 0.454. The molecule has 0 aliphatic rings. The highest BCUT2D eigenvalue weighted by molar-refractivity contribution is 6.35. The van der Waals surface area contributed by atoms with E-state index in [1.165, 1.54) is 5.56 Å². The summed E-state index contributed by atoms with van der Waals surface area (Å²) in [5.41, 5.74) is 10.1. The van der Waals surface area contributed by atoms with Crippen LogP contribution in [-0.4, -0.2) is 9.55 Å². The van der Waals surface area contributed by atoms with Gasteiger partial charge < -0.3 is 5.73 Å². The summed E-state index contributed by atoms with van der Waals surface area (Å²) in [7, 11) is 0. The number of halogens is 1. The van der Waals surface area contributed by atoms with Gasteiger partial charge in [0.05, 0.1) is 16.2 Å². The van der Waals surface area contributed by atoms with Crippen molar-refractivity contribution in [2.24, 2.45) is 0 Å². The molecule has 2 N–H and O–H groups in total. The number of benzene rings is 2. The summed E-state index contributed by atoms with van der Waals surface area (Å²) in [6.45, 7) is 6.57. The van der Waals surface area contributed by atoms with Crippen LogP contribution in [0.25, 0.3) is 16.7 Å². The van der Waals surface area contributed by atoms with Crippen LogP contribution in [0.4, 0.5) is 5.95 Å². The van der Waals surface area contributed by atoms with Gasteiger partial charge in [0.25, 0.3) is 0 Å². The Morgan fingerprint density at radius 1 is 1.05 bits per heavy atom. The Labute approximate surface area is 129 Å². The van der Waals surface area contributed by atoms with Gasteiger partial charge in [0.2, 0.25) is 5.95 Å². The van der Waals surface area contributed by atoms with Gasteiger partial charge in [0.15, 0.2) is 0 Å². The van der Waals surface area contributed by atoms with Crippen molar-refractivity contribution in [2.75, 3.05) is 5.73 Å². The van der Waals surface area contributed by atoms with Gasteiger partial charge in [-0.25, -0.2) is 4.98 Å². The Morgan fingerprint density at radius 3 is 2.48 bits per heavy atom. The van der Waals surface area contributed by atoms with Gasteiger partial charge in [-0.05, 0) is 29.2 Å². The van der Waals surface area contributed by atoms with Crippen LogP contribution in [0, 0.1) is 0 Å². The number of anilines is 1. The Kier molecular flexibility index (Phi) is 3.18. The van der Waals surface area contributed by atoms with Gasteiger partial charge >= 0.3 is 0 Å². The third-order valence-corrected chi connectivity index (χ3v) is 3.92. The SMILES string of the molecule is CC(C)(C)c1ccccc1-n1c(N)nc2c(Cl)cccc21. The first-order valence-electron chi connectivity index (χ1n) is 6.92. The van der Waals surface area contributed by atoms with Crippen LogP contribution in [0.5, 0.6) is 0 Å². The molecule has 3 rings (SSSR count). The zero-order valence-corrected chi connectivity index (χ0v) is 13.1. The molecule has 0 saturated heterocycles. The fourth-order valence-electron chi connectivity index (χ4n) is 2.64. The summed E-state index contributed by atoms with van der Waals surface area (Å²) < 4.78 is 1.97. The third kappa shape index (κ3) is 2.28. The van der Waals surface area contributed by atoms with Crippen LogP contribution in [0.3, 0.4) is 0 Å². The van der Waals surface area contributed by atoms with Gasteiger partial charge in [0.1, 0.15) is 5.52 Å². The van der Waals surface area contributed by atoms with Gasteiger partial charge in [-0.15, -0.1) is 0 Å². The molecular weight excluding hydrogens is 282 g/mol. The van der Waals surface area contributed by atoms with Crippen LogP contribution in [-0.2, 0) is 5.41 Å². The molecule has 0 amide bonds. The molecule has 2 aromatic carbocycles. The van der Waals surface area contributed by atoms with E-state index in [0.29, 0.717) is 11.0 Å². The molecule has 0 aliphatic carbocycles.